The van der Waals surface area contributed by atoms with Gasteiger partial charge in [0.1, 0.15) is 0 Å². The van der Waals surface area contributed by atoms with Gasteiger partial charge in [0, 0.05) is 6.42 Å². The van der Waals surface area contributed by atoms with Crippen LogP contribution < -0.4 is 5.73 Å². The van der Waals surface area contributed by atoms with Gasteiger partial charge in [-0.25, -0.2) is 0 Å². The Bertz CT molecular complexity index is 190. The molecule has 0 saturated heterocycles. The monoisotopic (exact) mass is 199 g/mol. The zero-order valence-corrected chi connectivity index (χ0v) is 9.07. The second-order valence-corrected chi connectivity index (χ2v) is 3.85. The summed E-state index contributed by atoms with van der Waals surface area (Å²) in [6, 6.07) is 0. The number of nitrogens with two attached hydrogens (primary N) is 1. The molecule has 0 bridgehead atoms. The van der Waals surface area contributed by atoms with Crippen LogP contribution in [0.5, 0.6) is 0 Å². The van der Waals surface area contributed by atoms with Crippen molar-refractivity contribution < 1.29 is 9.90 Å². The van der Waals surface area contributed by atoms with Gasteiger partial charge >= 0.3 is 5.97 Å². The van der Waals surface area contributed by atoms with Crippen LogP contribution in [0.25, 0.3) is 0 Å². The molecule has 14 heavy (non-hydrogen) atoms. The highest BCUT2D eigenvalue weighted by molar-refractivity contribution is 5.67. The molecule has 0 aliphatic heterocycles. The fourth-order valence-electron chi connectivity index (χ4n) is 1.54. The zero-order valence-electron chi connectivity index (χ0n) is 9.07. The average molecular weight is 199 g/mol. The number of rotatable bonds is 7. The zero-order chi connectivity index (χ0) is 11.0. The Balaban J connectivity index is 3.85. The summed E-state index contributed by atoms with van der Waals surface area (Å²) in [6.07, 6.45) is 6.22. The van der Waals surface area contributed by atoms with Gasteiger partial charge in [-0.2, -0.15) is 0 Å². The van der Waals surface area contributed by atoms with E-state index in [9.17, 15) is 4.79 Å². The fourth-order valence-corrected chi connectivity index (χ4v) is 1.54. The van der Waals surface area contributed by atoms with E-state index in [4.69, 9.17) is 10.8 Å². The molecule has 0 spiro atoms. The molecule has 0 rings (SSSR count). The third-order valence-corrected chi connectivity index (χ3v) is 2.31. The van der Waals surface area contributed by atoms with Gasteiger partial charge in [-0.15, -0.1) is 0 Å². The van der Waals surface area contributed by atoms with E-state index >= 15 is 0 Å². The molecular formula is C11H21NO2. The third kappa shape index (κ3) is 6.66. The fraction of sp³-hybridized carbons (Fsp3) is 0.727. The summed E-state index contributed by atoms with van der Waals surface area (Å²) in [5.74, 6) is -0.120. The van der Waals surface area contributed by atoms with Crippen molar-refractivity contribution in [2.24, 2.45) is 17.6 Å². The largest absolute Gasteiger partial charge is 0.481 e. The number of hydrogen-bond acceptors (Lipinski definition) is 2. The van der Waals surface area contributed by atoms with Crippen molar-refractivity contribution in [3.63, 3.8) is 0 Å². The number of aliphatic carboxylic acids is 1. The SMILES string of the molecule is CC=CCC(C)C[C@H](CN)CC(=O)O. The first-order valence-corrected chi connectivity index (χ1v) is 5.13. The highest BCUT2D eigenvalue weighted by Crippen LogP contribution is 2.17. The van der Waals surface area contributed by atoms with E-state index in [1.165, 1.54) is 0 Å². The second kappa shape index (κ2) is 7.56. The molecule has 0 aromatic rings. The van der Waals surface area contributed by atoms with Crippen LogP contribution in [0.15, 0.2) is 12.2 Å². The summed E-state index contributed by atoms with van der Waals surface area (Å²) in [7, 11) is 0. The summed E-state index contributed by atoms with van der Waals surface area (Å²) in [5.41, 5.74) is 5.52. The lowest BCUT2D eigenvalue weighted by molar-refractivity contribution is -0.138. The van der Waals surface area contributed by atoms with Crippen molar-refractivity contribution >= 4 is 5.97 Å². The van der Waals surface area contributed by atoms with E-state index in [2.05, 4.69) is 13.0 Å². The maximum Gasteiger partial charge on any atom is 0.303 e. The Morgan fingerprint density at radius 3 is 2.64 bits per heavy atom. The molecule has 0 aromatic heterocycles. The van der Waals surface area contributed by atoms with Gasteiger partial charge < -0.3 is 10.8 Å². The van der Waals surface area contributed by atoms with E-state index in [0.717, 1.165) is 12.8 Å². The number of carbonyl (C=O) groups is 1. The van der Waals surface area contributed by atoms with Crippen molar-refractivity contribution in [3.05, 3.63) is 12.2 Å². The Hall–Kier alpha value is -0.830. The topological polar surface area (TPSA) is 63.3 Å². The summed E-state index contributed by atoms with van der Waals surface area (Å²) < 4.78 is 0. The molecule has 0 saturated carbocycles. The third-order valence-electron chi connectivity index (χ3n) is 2.31. The van der Waals surface area contributed by atoms with Gasteiger partial charge in [0.05, 0.1) is 0 Å². The van der Waals surface area contributed by atoms with E-state index in [1.54, 1.807) is 0 Å². The lowest BCUT2D eigenvalue weighted by Gasteiger charge is -2.16. The minimum Gasteiger partial charge on any atom is -0.481 e. The Kier molecular flexibility index (Phi) is 7.11. The summed E-state index contributed by atoms with van der Waals surface area (Å²) in [5, 5.41) is 8.63. The van der Waals surface area contributed by atoms with E-state index in [1.807, 2.05) is 13.0 Å². The van der Waals surface area contributed by atoms with Crippen LogP contribution in [-0.2, 0) is 4.79 Å². The lowest BCUT2D eigenvalue weighted by atomic mass is 9.91. The molecule has 82 valence electrons. The molecule has 0 aromatic carbocycles. The summed E-state index contributed by atoms with van der Waals surface area (Å²) in [6.45, 7) is 4.58. The van der Waals surface area contributed by atoms with Gasteiger partial charge in [-0.05, 0) is 38.1 Å². The van der Waals surface area contributed by atoms with Crippen LogP contribution in [0.4, 0.5) is 0 Å². The maximum absolute atomic E-state index is 10.5. The van der Waals surface area contributed by atoms with Crippen molar-refractivity contribution in [3.8, 4) is 0 Å². The van der Waals surface area contributed by atoms with Crippen LogP contribution in [0.2, 0.25) is 0 Å². The molecule has 2 atom stereocenters. The van der Waals surface area contributed by atoms with E-state index in [0.29, 0.717) is 12.5 Å². The predicted molar refractivity (Wildman–Crippen MR) is 58.0 cm³/mol. The highest BCUT2D eigenvalue weighted by atomic mass is 16.4. The standard InChI is InChI=1S/C11H21NO2/c1-3-4-5-9(2)6-10(8-12)7-11(13)14/h3-4,9-10H,5-8,12H2,1-2H3,(H,13,14)/t9?,10-/m0/s1. The van der Waals surface area contributed by atoms with Crippen LogP contribution in [0.1, 0.15) is 33.1 Å². The van der Waals surface area contributed by atoms with Crippen molar-refractivity contribution in [2.75, 3.05) is 6.54 Å². The van der Waals surface area contributed by atoms with Crippen molar-refractivity contribution in [1.29, 1.82) is 0 Å². The van der Waals surface area contributed by atoms with Crippen LogP contribution >= 0.6 is 0 Å². The van der Waals surface area contributed by atoms with Gasteiger partial charge in [-0.1, -0.05) is 19.1 Å². The van der Waals surface area contributed by atoms with Gasteiger partial charge in [0.15, 0.2) is 0 Å². The maximum atomic E-state index is 10.5. The Labute approximate surface area is 86.0 Å². The predicted octanol–water partition coefficient (Wildman–Crippen LogP) is 2.03. The van der Waals surface area contributed by atoms with Crippen LogP contribution in [0.3, 0.4) is 0 Å². The van der Waals surface area contributed by atoms with E-state index in [-0.39, 0.29) is 12.3 Å². The molecule has 1 unspecified atom stereocenters. The minimum atomic E-state index is -0.751. The quantitative estimate of drug-likeness (QED) is 0.617. The lowest BCUT2D eigenvalue weighted by Crippen LogP contribution is -2.20. The first-order chi connectivity index (χ1) is 6.60. The highest BCUT2D eigenvalue weighted by Gasteiger charge is 2.14. The normalized spacial score (nSPS) is 15.6. The van der Waals surface area contributed by atoms with Crippen molar-refractivity contribution in [1.82, 2.24) is 0 Å². The number of carboxylic acids is 1. The summed E-state index contributed by atoms with van der Waals surface area (Å²) in [4.78, 5) is 10.5. The van der Waals surface area contributed by atoms with Gasteiger partial charge in [-0.3, -0.25) is 4.79 Å². The van der Waals surface area contributed by atoms with Crippen LogP contribution in [0, 0.1) is 11.8 Å². The van der Waals surface area contributed by atoms with Gasteiger partial charge in [0.25, 0.3) is 0 Å². The van der Waals surface area contributed by atoms with Gasteiger partial charge in [0.2, 0.25) is 0 Å². The molecule has 0 amide bonds. The Morgan fingerprint density at radius 1 is 1.57 bits per heavy atom. The molecule has 3 nitrogen and oxygen atoms in total. The minimum absolute atomic E-state index is 0.118. The molecule has 0 heterocycles. The van der Waals surface area contributed by atoms with Crippen molar-refractivity contribution in [2.45, 2.75) is 33.1 Å². The second-order valence-electron chi connectivity index (χ2n) is 3.85. The molecule has 3 N–H and O–H groups in total. The van der Waals surface area contributed by atoms with Crippen LogP contribution in [-0.4, -0.2) is 17.6 Å². The Morgan fingerprint density at radius 2 is 2.21 bits per heavy atom. The number of hydrogen-bond donors (Lipinski definition) is 2. The van der Waals surface area contributed by atoms with E-state index < -0.39 is 5.97 Å². The first-order valence-electron chi connectivity index (χ1n) is 5.13. The first kappa shape index (κ1) is 13.2. The molecule has 0 fully saturated rings. The molecular weight excluding hydrogens is 178 g/mol. The molecule has 0 radical (unpaired) electrons. The molecule has 3 heteroatoms. The number of allylic oxidation sites excluding steroid dienone is 2. The molecule has 0 aliphatic rings. The average Bonchev–Trinajstić information content (AvgIpc) is 2.12. The number of carboxylic acid groups (broad SMARTS) is 1. The smallest absolute Gasteiger partial charge is 0.303 e. The summed E-state index contributed by atoms with van der Waals surface area (Å²) >= 11 is 0. The molecule has 0 aliphatic carbocycles.